The zero-order valence-electron chi connectivity index (χ0n) is 7.80. The minimum absolute atomic E-state index is 1.26. The van der Waals surface area contributed by atoms with Crippen LogP contribution in [-0.2, 0) is 0 Å². The van der Waals surface area contributed by atoms with Gasteiger partial charge in [0.05, 0.1) is 12.7 Å². The highest BCUT2D eigenvalue weighted by Gasteiger charge is 2.09. The van der Waals surface area contributed by atoms with E-state index in [1.54, 1.807) is 0 Å². The molecule has 1 aliphatic rings. The lowest BCUT2D eigenvalue weighted by atomic mass is 10.3. The first kappa shape index (κ1) is 10.9. The van der Waals surface area contributed by atoms with Gasteiger partial charge in [0.25, 0.3) is 0 Å². The zero-order valence-corrected chi connectivity index (χ0v) is 7.80. The lowest BCUT2D eigenvalue weighted by Gasteiger charge is -2.09. The summed E-state index contributed by atoms with van der Waals surface area (Å²) in [6.45, 7) is 10.4. The van der Waals surface area contributed by atoms with Crippen molar-refractivity contribution in [1.82, 2.24) is 0 Å². The average Bonchev–Trinajstić information content (AvgIpc) is 2.51. The summed E-state index contributed by atoms with van der Waals surface area (Å²) in [5.74, 6) is 0. The second kappa shape index (κ2) is 6.63. The lowest BCUT2D eigenvalue weighted by Crippen LogP contribution is -3.04. The molecule has 0 saturated heterocycles. The molecule has 1 N–H and O–H groups in total. The van der Waals surface area contributed by atoms with Gasteiger partial charge < -0.3 is 11.8 Å². The summed E-state index contributed by atoms with van der Waals surface area (Å²) in [4.78, 5) is 1.53. The highest BCUT2D eigenvalue weighted by atomic mass is 15.1. The van der Waals surface area contributed by atoms with Gasteiger partial charge in [0, 0.05) is 6.92 Å². The van der Waals surface area contributed by atoms with Crippen LogP contribution in [0.1, 0.15) is 26.7 Å². The largest absolute Gasteiger partial charge is 0.512 e. The Morgan fingerprint density at radius 2 is 2.17 bits per heavy atom. The van der Waals surface area contributed by atoms with E-state index in [4.69, 9.17) is 11.8 Å². The molecule has 0 aromatic heterocycles. The van der Waals surface area contributed by atoms with Crippen LogP contribution < -0.4 is 4.90 Å². The molecule has 1 atom stereocenters. The predicted octanol–water partition coefficient (Wildman–Crippen LogP) is 1.20. The number of allylic oxidation sites excluding steroid dienone is 3. The summed E-state index contributed by atoms with van der Waals surface area (Å²) in [5.41, 5.74) is 1.45. The molecule has 0 aromatic rings. The van der Waals surface area contributed by atoms with Crippen molar-refractivity contribution in [2.45, 2.75) is 26.7 Å². The first-order valence-corrected chi connectivity index (χ1v) is 4.28. The Kier molecular flexibility index (Phi) is 6.04. The maximum absolute atomic E-state index is 6.25. The van der Waals surface area contributed by atoms with E-state index in [0.717, 1.165) is 0 Å². The van der Waals surface area contributed by atoms with Crippen molar-refractivity contribution in [3.8, 4) is 0 Å². The number of hydrogen-bond acceptors (Lipinski definition) is 1. The van der Waals surface area contributed by atoms with Gasteiger partial charge in [-0.05, 0) is 18.6 Å². The van der Waals surface area contributed by atoms with Crippen LogP contribution in [-0.4, -0.2) is 6.54 Å². The van der Waals surface area contributed by atoms with E-state index < -0.39 is 0 Å². The summed E-state index contributed by atoms with van der Waals surface area (Å²) in [6.07, 6.45) is 9.17. The van der Waals surface area contributed by atoms with E-state index in [9.17, 15) is 0 Å². The fourth-order valence-electron chi connectivity index (χ4n) is 1.19. The van der Waals surface area contributed by atoms with Gasteiger partial charge in [-0.15, -0.1) is 0 Å². The molecule has 1 rings (SSSR count). The summed E-state index contributed by atoms with van der Waals surface area (Å²) < 4.78 is 0. The standard InChI is InChI=1S/C9H15N.CN/c1-3-4-7-10-8-5-6-9(10)2;1-2/h5-6,8H,3-4,7H2,1-2H3;/q;-1/p+1. The molecule has 1 unspecified atom stereocenters. The van der Waals surface area contributed by atoms with Crippen molar-refractivity contribution in [3.05, 3.63) is 30.6 Å². The normalized spacial score (nSPS) is 19.7. The smallest absolute Gasteiger partial charge is 0.109 e. The number of nitrogens with zero attached hydrogens (tertiary/aromatic N) is 1. The Hall–Kier alpha value is -1.07. The monoisotopic (exact) mass is 164 g/mol. The van der Waals surface area contributed by atoms with Gasteiger partial charge in [-0.2, -0.15) is 0 Å². The van der Waals surface area contributed by atoms with Gasteiger partial charge in [0.15, 0.2) is 0 Å². The van der Waals surface area contributed by atoms with Gasteiger partial charge in [0.1, 0.15) is 5.70 Å². The summed E-state index contributed by atoms with van der Waals surface area (Å²) in [5, 5.41) is 6.25. The Labute approximate surface area is 74.8 Å². The van der Waals surface area contributed by atoms with Crippen LogP contribution in [0.3, 0.4) is 0 Å². The van der Waals surface area contributed by atoms with Gasteiger partial charge >= 0.3 is 0 Å². The number of unbranched alkanes of at least 4 members (excludes halogenated alkanes) is 1. The number of nitrogens with one attached hydrogen (secondary N) is 1. The van der Waals surface area contributed by atoms with Crippen LogP contribution in [0.5, 0.6) is 0 Å². The molecule has 0 bridgehead atoms. The van der Waals surface area contributed by atoms with E-state index in [1.165, 1.54) is 30.0 Å². The summed E-state index contributed by atoms with van der Waals surface area (Å²) in [7, 11) is 0. The predicted molar refractivity (Wildman–Crippen MR) is 48.6 cm³/mol. The van der Waals surface area contributed by atoms with E-state index in [-0.39, 0.29) is 0 Å². The van der Waals surface area contributed by atoms with Gasteiger partial charge in [0.2, 0.25) is 0 Å². The maximum atomic E-state index is 6.25. The third kappa shape index (κ3) is 3.36. The van der Waals surface area contributed by atoms with Crippen molar-refractivity contribution in [2.75, 3.05) is 6.54 Å². The quantitative estimate of drug-likeness (QED) is 0.624. The van der Waals surface area contributed by atoms with Crippen LogP contribution in [0.15, 0.2) is 24.0 Å². The van der Waals surface area contributed by atoms with E-state index in [0.29, 0.717) is 0 Å². The molecule has 0 aromatic carbocycles. The molecule has 0 amide bonds. The van der Waals surface area contributed by atoms with E-state index in [1.807, 2.05) is 0 Å². The van der Waals surface area contributed by atoms with Crippen LogP contribution in [0.25, 0.3) is 0 Å². The second-order valence-electron chi connectivity index (χ2n) is 2.84. The molecule has 12 heavy (non-hydrogen) atoms. The maximum Gasteiger partial charge on any atom is 0.109 e. The third-order valence-corrected chi connectivity index (χ3v) is 1.95. The average molecular weight is 164 g/mol. The first-order chi connectivity index (χ1) is 5.84. The molecule has 1 aliphatic heterocycles. The Morgan fingerprint density at radius 1 is 1.50 bits per heavy atom. The van der Waals surface area contributed by atoms with E-state index >= 15 is 0 Å². The fourth-order valence-corrected chi connectivity index (χ4v) is 1.19. The first-order valence-electron chi connectivity index (χ1n) is 4.28. The number of rotatable bonds is 3. The highest BCUT2D eigenvalue weighted by molar-refractivity contribution is 5.08. The van der Waals surface area contributed by atoms with Gasteiger partial charge in [-0.3, -0.25) is 4.90 Å². The summed E-state index contributed by atoms with van der Waals surface area (Å²) >= 11 is 0. The molecule has 0 spiro atoms. The third-order valence-electron chi connectivity index (χ3n) is 1.95. The minimum atomic E-state index is 1.26. The van der Waals surface area contributed by atoms with Crippen LogP contribution in [0.4, 0.5) is 0 Å². The van der Waals surface area contributed by atoms with E-state index in [2.05, 4.69) is 32.2 Å². The molecule has 1 heterocycles. The molecule has 2 heteroatoms. The van der Waals surface area contributed by atoms with Crippen LogP contribution in [0.2, 0.25) is 0 Å². The zero-order chi connectivity index (χ0) is 9.40. The van der Waals surface area contributed by atoms with Gasteiger partial charge in [-0.1, -0.05) is 13.3 Å². The molecular weight excluding hydrogens is 148 g/mol. The SMILES string of the molecule is CCCC[NH+]1C=CC=C1C.[C-]#N. The van der Waals surface area contributed by atoms with Crippen molar-refractivity contribution >= 4 is 0 Å². The molecular formula is C10H16N2. The highest BCUT2D eigenvalue weighted by Crippen LogP contribution is 1.90. The van der Waals surface area contributed by atoms with Crippen LogP contribution in [0, 0.1) is 11.8 Å². The van der Waals surface area contributed by atoms with Crippen LogP contribution >= 0.6 is 0 Å². The summed E-state index contributed by atoms with van der Waals surface area (Å²) in [6, 6.07) is 0. The Balaban J connectivity index is 0.000000561. The topological polar surface area (TPSA) is 28.2 Å². The van der Waals surface area contributed by atoms with Crippen molar-refractivity contribution in [3.63, 3.8) is 0 Å². The number of quaternary nitrogens is 1. The molecule has 0 radical (unpaired) electrons. The number of hydrogen-bond donors (Lipinski definition) is 1. The Morgan fingerprint density at radius 3 is 2.58 bits per heavy atom. The minimum Gasteiger partial charge on any atom is -0.512 e. The lowest BCUT2D eigenvalue weighted by molar-refractivity contribution is -0.802. The fraction of sp³-hybridized carbons (Fsp3) is 0.500. The van der Waals surface area contributed by atoms with Gasteiger partial charge in [-0.25, -0.2) is 0 Å². The molecule has 0 aliphatic carbocycles. The molecule has 66 valence electrons. The Bertz CT molecular complexity index is 189. The van der Waals surface area contributed by atoms with Crippen molar-refractivity contribution in [1.29, 1.82) is 5.26 Å². The van der Waals surface area contributed by atoms with Crippen molar-refractivity contribution in [2.24, 2.45) is 0 Å². The molecule has 0 saturated carbocycles. The second-order valence-corrected chi connectivity index (χ2v) is 2.84. The van der Waals surface area contributed by atoms with Crippen molar-refractivity contribution < 1.29 is 4.90 Å². The molecule has 2 nitrogen and oxygen atoms in total. The molecule has 0 fully saturated rings.